The van der Waals surface area contributed by atoms with Crippen molar-refractivity contribution >= 4 is 22.9 Å². The highest BCUT2D eigenvalue weighted by molar-refractivity contribution is 7.80. The van der Waals surface area contributed by atoms with Gasteiger partial charge in [0.25, 0.3) is 0 Å². The molecule has 0 heterocycles. The van der Waals surface area contributed by atoms with Gasteiger partial charge in [0.05, 0.1) is 0 Å². The fourth-order valence-corrected chi connectivity index (χ4v) is 2.41. The maximum Gasteiger partial charge on any atom is 0.147 e. The molecule has 0 fully saturated rings. The van der Waals surface area contributed by atoms with Gasteiger partial charge < -0.3 is 0 Å². The van der Waals surface area contributed by atoms with Crippen LogP contribution in [0.4, 0.5) is 0 Å². The molecule has 0 bridgehead atoms. The largest absolute Gasteiger partial charge is 0.298 e. The van der Waals surface area contributed by atoms with E-state index in [1.54, 1.807) is 0 Å². The van der Waals surface area contributed by atoms with Gasteiger partial charge in [0, 0.05) is 16.7 Å². The Morgan fingerprint density at radius 1 is 1.22 bits per heavy atom. The number of carbonyl (C=O) groups excluding carboxylic acids is 1. The molecule has 0 spiro atoms. The van der Waals surface area contributed by atoms with Crippen molar-refractivity contribution in [3.8, 4) is 0 Å². The molecule has 0 unspecified atom stereocenters. The van der Waals surface area contributed by atoms with E-state index in [1.807, 2.05) is 44.2 Å². The van der Waals surface area contributed by atoms with Crippen LogP contribution in [0.2, 0.25) is 0 Å². The summed E-state index contributed by atoms with van der Waals surface area (Å²) in [5.41, 5.74) is 0.602. The molecule has 0 saturated heterocycles. The number of hydrogen-bond acceptors (Lipinski definition) is 2. The Kier molecular flexibility index (Phi) is 5.21. The monoisotopic (exact) mass is 262 g/mol. The smallest absolute Gasteiger partial charge is 0.147 e. The van der Waals surface area contributed by atoms with Crippen LogP contribution in [-0.4, -0.2) is 10.6 Å². The van der Waals surface area contributed by atoms with Crippen molar-refractivity contribution in [3.63, 3.8) is 0 Å². The zero-order valence-electron chi connectivity index (χ0n) is 11.7. The second kappa shape index (κ2) is 6.24. The van der Waals surface area contributed by atoms with E-state index in [1.165, 1.54) is 0 Å². The molecule has 1 nitrogen and oxygen atoms in total. The molecule has 0 saturated carbocycles. The van der Waals surface area contributed by atoms with E-state index in [-0.39, 0.29) is 5.78 Å². The molecule has 0 radical (unpaired) electrons. The van der Waals surface area contributed by atoms with Gasteiger partial charge in [-0.3, -0.25) is 4.79 Å². The molecule has 0 amide bonds. The van der Waals surface area contributed by atoms with Crippen molar-refractivity contribution < 1.29 is 4.79 Å². The summed E-state index contributed by atoms with van der Waals surface area (Å²) >= 11 is 5.30. The minimum absolute atomic E-state index is 0.208. The highest BCUT2D eigenvalue weighted by Crippen LogP contribution is 2.26. The van der Waals surface area contributed by atoms with Crippen LogP contribution in [0.25, 0.3) is 0 Å². The van der Waals surface area contributed by atoms with Gasteiger partial charge >= 0.3 is 0 Å². The lowest BCUT2D eigenvalue weighted by atomic mass is 9.78. The number of thiocarbonyl (C=S) groups is 1. The first-order chi connectivity index (χ1) is 8.34. The average molecular weight is 262 g/mol. The second-order valence-corrected chi connectivity index (χ2v) is 6.30. The molecule has 0 aliphatic rings. The standard InChI is InChI=1S/C16H22OS/c1-12(2)10-14(18)11-15(17)16(3,4)13-8-6-5-7-9-13/h5-9,12H,10-11H2,1-4H3. The van der Waals surface area contributed by atoms with Crippen LogP contribution in [0.5, 0.6) is 0 Å². The first-order valence-corrected chi connectivity index (χ1v) is 6.85. The average Bonchev–Trinajstić information content (AvgIpc) is 2.28. The predicted octanol–water partition coefficient (Wildman–Crippen LogP) is 4.34. The summed E-state index contributed by atoms with van der Waals surface area (Å²) in [7, 11) is 0. The quantitative estimate of drug-likeness (QED) is 0.709. The van der Waals surface area contributed by atoms with E-state index in [0.29, 0.717) is 12.3 Å². The summed E-state index contributed by atoms with van der Waals surface area (Å²) in [6.45, 7) is 8.20. The van der Waals surface area contributed by atoms with Gasteiger partial charge in [-0.25, -0.2) is 0 Å². The first-order valence-electron chi connectivity index (χ1n) is 6.44. The summed E-state index contributed by atoms with van der Waals surface area (Å²) in [5.74, 6) is 0.726. The number of hydrogen-bond donors (Lipinski definition) is 0. The van der Waals surface area contributed by atoms with Crippen molar-refractivity contribution in [1.29, 1.82) is 0 Å². The summed E-state index contributed by atoms with van der Waals surface area (Å²) < 4.78 is 0. The van der Waals surface area contributed by atoms with Crippen molar-refractivity contribution in [1.82, 2.24) is 0 Å². The molecule has 2 heteroatoms. The van der Waals surface area contributed by atoms with Crippen LogP contribution < -0.4 is 0 Å². The lowest BCUT2D eigenvalue weighted by Crippen LogP contribution is -2.30. The van der Waals surface area contributed by atoms with E-state index in [0.717, 1.165) is 16.8 Å². The van der Waals surface area contributed by atoms with Crippen molar-refractivity contribution in [2.45, 2.75) is 46.0 Å². The number of benzene rings is 1. The van der Waals surface area contributed by atoms with Crippen LogP contribution in [0.15, 0.2) is 30.3 Å². The maximum atomic E-state index is 12.4. The Morgan fingerprint density at radius 2 is 1.78 bits per heavy atom. The van der Waals surface area contributed by atoms with Crippen LogP contribution in [0.3, 0.4) is 0 Å². The minimum Gasteiger partial charge on any atom is -0.298 e. The van der Waals surface area contributed by atoms with Gasteiger partial charge in [0.15, 0.2) is 0 Å². The maximum absolute atomic E-state index is 12.4. The van der Waals surface area contributed by atoms with Gasteiger partial charge in [-0.15, -0.1) is 0 Å². The Balaban J connectivity index is 2.74. The Morgan fingerprint density at radius 3 is 2.28 bits per heavy atom. The molecule has 0 aliphatic heterocycles. The zero-order valence-corrected chi connectivity index (χ0v) is 12.5. The lowest BCUT2D eigenvalue weighted by Gasteiger charge is -2.24. The molecule has 0 aliphatic carbocycles. The Bertz CT molecular complexity index is 418. The Hall–Kier alpha value is -1.02. The third-order valence-corrected chi connectivity index (χ3v) is 3.50. The first kappa shape index (κ1) is 15.0. The van der Waals surface area contributed by atoms with Crippen molar-refractivity contribution in [2.75, 3.05) is 0 Å². The summed E-state index contributed by atoms with van der Waals surface area (Å²) in [5, 5.41) is 0. The topological polar surface area (TPSA) is 17.1 Å². The summed E-state index contributed by atoms with van der Waals surface area (Å²) in [6.07, 6.45) is 1.27. The SMILES string of the molecule is CC(C)CC(=S)CC(=O)C(C)(C)c1ccccc1. The van der Waals surface area contributed by atoms with Gasteiger partial charge in [0.1, 0.15) is 5.78 Å². The number of carbonyl (C=O) groups is 1. The molecule has 1 aromatic carbocycles. The third kappa shape index (κ3) is 4.02. The zero-order chi connectivity index (χ0) is 13.8. The molecule has 0 atom stereocenters. The van der Waals surface area contributed by atoms with E-state index < -0.39 is 5.41 Å². The minimum atomic E-state index is -0.456. The van der Waals surface area contributed by atoms with Gasteiger partial charge in [-0.1, -0.05) is 56.4 Å². The fraction of sp³-hybridized carbons (Fsp3) is 0.500. The van der Waals surface area contributed by atoms with Gasteiger partial charge in [0.2, 0.25) is 0 Å². The number of ketones is 1. The molecular weight excluding hydrogens is 240 g/mol. The fourth-order valence-electron chi connectivity index (χ4n) is 1.94. The molecule has 1 rings (SSSR count). The van der Waals surface area contributed by atoms with Crippen molar-refractivity contribution in [3.05, 3.63) is 35.9 Å². The van der Waals surface area contributed by atoms with Gasteiger partial charge in [-0.2, -0.15) is 0 Å². The normalized spacial score (nSPS) is 11.6. The van der Waals surface area contributed by atoms with Crippen molar-refractivity contribution in [2.24, 2.45) is 5.92 Å². The molecule has 98 valence electrons. The van der Waals surface area contributed by atoms with Crippen LogP contribution >= 0.6 is 12.2 Å². The number of Topliss-reactive ketones (excluding diaryl/α,β-unsaturated/α-hetero) is 1. The van der Waals surface area contributed by atoms with E-state index >= 15 is 0 Å². The predicted molar refractivity (Wildman–Crippen MR) is 81.1 cm³/mol. The molecule has 1 aromatic rings. The Labute approximate surface area is 116 Å². The van der Waals surface area contributed by atoms with Crippen LogP contribution in [0, 0.1) is 5.92 Å². The summed E-state index contributed by atoms with van der Waals surface area (Å²) in [4.78, 5) is 13.2. The molecule has 0 N–H and O–H groups in total. The highest BCUT2D eigenvalue weighted by atomic mass is 32.1. The van der Waals surface area contributed by atoms with Gasteiger partial charge in [-0.05, 0) is 31.7 Å². The van der Waals surface area contributed by atoms with E-state index in [9.17, 15) is 4.79 Å². The third-order valence-electron chi connectivity index (χ3n) is 3.19. The van der Waals surface area contributed by atoms with Crippen LogP contribution in [0.1, 0.15) is 46.1 Å². The molecule has 18 heavy (non-hydrogen) atoms. The van der Waals surface area contributed by atoms with E-state index in [4.69, 9.17) is 12.2 Å². The van der Waals surface area contributed by atoms with E-state index in [2.05, 4.69) is 13.8 Å². The second-order valence-electron chi connectivity index (χ2n) is 5.73. The molecular formula is C16H22OS. The van der Waals surface area contributed by atoms with Crippen LogP contribution in [-0.2, 0) is 10.2 Å². The number of rotatable bonds is 6. The highest BCUT2D eigenvalue weighted by Gasteiger charge is 2.29. The lowest BCUT2D eigenvalue weighted by molar-refractivity contribution is -0.122. The summed E-state index contributed by atoms with van der Waals surface area (Å²) in [6, 6.07) is 9.91. The molecule has 0 aromatic heterocycles.